The molecule has 1 amide bonds. The Balaban J connectivity index is 1.85. The molecule has 2 N–H and O–H groups in total. The zero-order valence-corrected chi connectivity index (χ0v) is 17.6. The predicted molar refractivity (Wildman–Crippen MR) is 111 cm³/mol. The Hall–Kier alpha value is -3.02. The van der Waals surface area contributed by atoms with E-state index in [4.69, 9.17) is 14.6 Å². The number of carbonyl (C=O) groups excluding carboxylic acids is 1. The first kappa shape index (κ1) is 22.3. The molecule has 6 heteroatoms. The molecule has 0 heterocycles. The molecule has 0 aliphatic rings. The highest BCUT2D eigenvalue weighted by molar-refractivity contribution is 5.84. The van der Waals surface area contributed by atoms with Crippen LogP contribution in [0.2, 0.25) is 0 Å². The van der Waals surface area contributed by atoms with Crippen molar-refractivity contribution in [1.82, 2.24) is 5.32 Å². The van der Waals surface area contributed by atoms with Crippen LogP contribution in [0.25, 0.3) is 0 Å². The van der Waals surface area contributed by atoms with Gasteiger partial charge in [-0.15, -0.1) is 0 Å². The number of rotatable bonds is 9. The summed E-state index contributed by atoms with van der Waals surface area (Å²) in [5.41, 5.74) is -0.215. The van der Waals surface area contributed by atoms with Crippen LogP contribution in [-0.2, 0) is 16.0 Å². The van der Waals surface area contributed by atoms with E-state index in [2.05, 4.69) is 5.32 Å². The molecule has 156 valence electrons. The summed E-state index contributed by atoms with van der Waals surface area (Å²) in [5.74, 6) is -0.0788. The third kappa shape index (κ3) is 6.52. The maximum atomic E-state index is 12.5. The topological polar surface area (TPSA) is 84.9 Å². The quantitative estimate of drug-likeness (QED) is 0.671. The van der Waals surface area contributed by atoms with Crippen LogP contribution in [0.5, 0.6) is 11.5 Å². The molecule has 0 atom stereocenters. The lowest BCUT2D eigenvalue weighted by Gasteiger charge is -2.25. The molecule has 29 heavy (non-hydrogen) atoms. The highest BCUT2D eigenvalue weighted by atomic mass is 16.5. The fourth-order valence-electron chi connectivity index (χ4n) is 2.62. The highest BCUT2D eigenvalue weighted by Crippen LogP contribution is 2.21. The van der Waals surface area contributed by atoms with Gasteiger partial charge in [0, 0.05) is 6.54 Å². The number of carboxylic acid groups (broad SMARTS) is 1. The minimum absolute atomic E-state index is 0.192. The lowest BCUT2D eigenvalue weighted by molar-refractivity contribution is -0.152. The van der Waals surface area contributed by atoms with Crippen LogP contribution in [0.1, 0.15) is 38.8 Å². The van der Waals surface area contributed by atoms with Crippen LogP contribution in [0.3, 0.4) is 0 Å². The van der Waals surface area contributed by atoms with Crippen molar-refractivity contribution in [3.05, 3.63) is 59.7 Å². The average molecular weight is 399 g/mol. The van der Waals surface area contributed by atoms with Crippen molar-refractivity contribution in [3.63, 3.8) is 0 Å². The number of hydrogen-bond acceptors (Lipinski definition) is 4. The molecule has 0 aliphatic heterocycles. The van der Waals surface area contributed by atoms with Crippen molar-refractivity contribution < 1.29 is 24.2 Å². The third-order valence-corrected chi connectivity index (χ3v) is 4.42. The van der Waals surface area contributed by atoms with Crippen LogP contribution in [-0.4, -0.2) is 34.7 Å². The van der Waals surface area contributed by atoms with Gasteiger partial charge in [0.2, 0.25) is 0 Å². The van der Waals surface area contributed by atoms with Crippen LogP contribution in [0.15, 0.2) is 48.5 Å². The number of carboxylic acids is 1. The summed E-state index contributed by atoms with van der Waals surface area (Å²) in [6.45, 7) is 8.90. The molecule has 0 radical (unpaired) electrons. The van der Waals surface area contributed by atoms with E-state index in [1.54, 1.807) is 26.0 Å². The van der Waals surface area contributed by atoms with Gasteiger partial charge < -0.3 is 19.9 Å². The van der Waals surface area contributed by atoms with Crippen LogP contribution >= 0.6 is 0 Å². The molecular formula is C23H29NO5. The fraction of sp³-hybridized carbons (Fsp3) is 0.391. The summed E-state index contributed by atoms with van der Waals surface area (Å²) >= 11 is 0. The van der Waals surface area contributed by atoms with Gasteiger partial charge in [-0.1, -0.05) is 24.3 Å². The Kier molecular flexibility index (Phi) is 6.90. The van der Waals surface area contributed by atoms with Gasteiger partial charge in [-0.3, -0.25) is 4.79 Å². The standard InChI is InChI=1S/C23H29NO5/c1-16-7-6-8-19(15-16)29-22(2,3)20(25)24-14-13-17-9-11-18(12-10-17)28-23(4,5)21(26)27/h6-12,15H,13-14H2,1-5H3,(H,24,25)(H,26,27). The van der Waals surface area contributed by atoms with E-state index in [1.807, 2.05) is 43.3 Å². The van der Waals surface area contributed by atoms with Gasteiger partial charge >= 0.3 is 5.97 Å². The van der Waals surface area contributed by atoms with Crippen LogP contribution < -0.4 is 14.8 Å². The lowest BCUT2D eigenvalue weighted by Crippen LogP contribution is -2.47. The van der Waals surface area contributed by atoms with E-state index in [0.29, 0.717) is 24.5 Å². The third-order valence-electron chi connectivity index (χ3n) is 4.42. The molecule has 2 aromatic carbocycles. The molecule has 0 fully saturated rings. The molecule has 0 bridgehead atoms. The molecule has 0 aliphatic carbocycles. The number of amides is 1. The number of aryl methyl sites for hydroxylation is 1. The summed E-state index contributed by atoms with van der Waals surface area (Å²) in [4.78, 5) is 23.6. The molecule has 0 unspecified atom stereocenters. The Bertz CT molecular complexity index is 856. The molecule has 0 saturated heterocycles. The summed E-state index contributed by atoms with van der Waals surface area (Å²) in [6.07, 6.45) is 0.634. The number of aliphatic carboxylic acids is 1. The molecule has 6 nitrogen and oxygen atoms in total. The van der Waals surface area contributed by atoms with E-state index < -0.39 is 17.2 Å². The largest absolute Gasteiger partial charge is 0.478 e. The van der Waals surface area contributed by atoms with Crippen molar-refractivity contribution in [1.29, 1.82) is 0 Å². The normalized spacial score (nSPS) is 11.6. The monoisotopic (exact) mass is 399 g/mol. The zero-order valence-electron chi connectivity index (χ0n) is 17.6. The van der Waals surface area contributed by atoms with Crippen molar-refractivity contribution >= 4 is 11.9 Å². The van der Waals surface area contributed by atoms with Gasteiger partial charge in [-0.05, 0) is 76.4 Å². The molecule has 2 rings (SSSR count). The molecule has 0 aromatic heterocycles. The van der Waals surface area contributed by atoms with Crippen LogP contribution in [0, 0.1) is 6.92 Å². The van der Waals surface area contributed by atoms with E-state index in [1.165, 1.54) is 13.8 Å². The first-order chi connectivity index (χ1) is 13.5. The second-order valence-electron chi connectivity index (χ2n) is 8.00. The molecule has 0 saturated carbocycles. The Morgan fingerprint density at radius 1 is 0.931 bits per heavy atom. The van der Waals surface area contributed by atoms with Crippen molar-refractivity contribution in [3.8, 4) is 11.5 Å². The molecule has 2 aromatic rings. The summed E-state index contributed by atoms with van der Waals surface area (Å²) in [5, 5.41) is 12.0. The first-order valence-corrected chi connectivity index (χ1v) is 9.55. The predicted octanol–water partition coefficient (Wildman–Crippen LogP) is 3.75. The van der Waals surface area contributed by atoms with Gasteiger partial charge in [0.15, 0.2) is 11.2 Å². The van der Waals surface area contributed by atoms with E-state index in [-0.39, 0.29) is 5.91 Å². The SMILES string of the molecule is Cc1cccc(OC(C)(C)C(=O)NCCc2ccc(OC(C)(C)C(=O)O)cc2)c1. The number of ether oxygens (including phenoxy) is 2. The van der Waals surface area contributed by atoms with Crippen LogP contribution in [0.4, 0.5) is 0 Å². The van der Waals surface area contributed by atoms with Crippen molar-refractivity contribution in [2.45, 2.75) is 52.2 Å². The van der Waals surface area contributed by atoms with Crippen molar-refractivity contribution in [2.24, 2.45) is 0 Å². The lowest BCUT2D eigenvalue weighted by atomic mass is 10.1. The van der Waals surface area contributed by atoms with E-state index in [0.717, 1.165) is 11.1 Å². The van der Waals surface area contributed by atoms with Gasteiger partial charge in [0.05, 0.1) is 0 Å². The average Bonchev–Trinajstić information content (AvgIpc) is 2.62. The number of benzene rings is 2. The smallest absolute Gasteiger partial charge is 0.347 e. The fourth-order valence-corrected chi connectivity index (χ4v) is 2.62. The van der Waals surface area contributed by atoms with E-state index in [9.17, 15) is 9.59 Å². The Labute approximate surface area is 171 Å². The molecule has 0 spiro atoms. The summed E-state index contributed by atoms with van der Waals surface area (Å²) < 4.78 is 11.3. The minimum Gasteiger partial charge on any atom is -0.478 e. The number of carbonyl (C=O) groups is 2. The molecular weight excluding hydrogens is 370 g/mol. The maximum absolute atomic E-state index is 12.5. The number of hydrogen-bond donors (Lipinski definition) is 2. The number of nitrogens with one attached hydrogen (secondary N) is 1. The summed E-state index contributed by atoms with van der Waals surface area (Å²) in [7, 11) is 0. The van der Waals surface area contributed by atoms with Gasteiger partial charge in [0.1, 0.15) is 11.5 Å². The highest BCUT2D eigenvalue weighted by Gasteiger charge is 2.30. The maximum Gasteiger partial charge on any atom is 0.347 e. The van der Waals surface area contributed by atoms with Gasteiger partial charge in [-0.2, -0.15) is 0 Å². The van der Waals surface area contributed by atoms with Gasteiger partial charge in [0.25, 0.3) is 5.91 Å². The first-order valence-electron chi connectivity index (χ1n) is 9.55. The van der Waals surface area contributed by atoms with E-state index >= 15 is 0 Å². The summed E-state index contributed by atoms with van der Waals surface area (Å²) in [6, 6.07) is 14.8. The Morgan fingerprint density at radius 2 is 1.55 bits per heavy atom. The second kappa shape index (κ2) is 8.99. The van der Waals surface area contributed by atoms with Crippen molar-refractivity contribution in [2.75, 3.05) is 6.54 Å². The Morgan fingerprint density at radius 3 is 2.14 bits per heavy atom. The zero-order chi connectivity index (χ0) is 21.7. The minimum atomic E-state index is -1.29. The van der Waals surface area contributed by atoms with Gasteiger partial charge in [-0.25, -0.2) is 4.79 Å². The second-order valence-corrected chi connectivity index (χ2v) is 8.00.